The average molecular weight is 325 g/mol. The second-order valence-corrected chi connectivity index (χ2v) is 7.34. The summed E-state index contributed by atoms with van der Waals surface area (Å²) in [6.07, 6.45) is 0.592. The third-order valence-corrected chi connectivity index (χ3v) is 4.65. The minimum Gasteiger partial charge on any atom is -0.481 e. The molecule has 23 heavy (non-hydrogen) atoms. The number of nitrogens with zero attached hydrogens (tertiary/aromatic N) is 2. The highest BCUT2D eigenvalue weighted by Gasteiger charge is 2.52. The molecule has 0 bridgehead atoms. The Hall–Kier alpha value is -2.12. The van der Waals surface area contributed by atoms with Gasteiger partial charge in [0.2, 0.25) is 5.91 Å². The van der Waals surface area contributed by atoms with Gasteiger partial charge in [0.1, 0.15) is 11.5 Å². The number of nitrogens with one attached hydrogen (secondary N) is 1. The van der Waals surface area contributed by atoms with Crippen LogP contribution >= 0.6 is 0 Å². The summed E-state index contributed by atoms with van der Waals surface area (Å²) in [5, 5.41) is 12.1. The summed E-state index contributed by atoms with van der Waals surface area (Å²) in [7, 11) is 1.42. The van der Waals surface area contributed by atoms with Crippen LogP contribution in [0.25, 0.3) is 0 Å². The number of likely N-dealkylation sites (N-methyl/N-ethyl adjacent to an activating group) is 1. The van der Waals surface area contributed by atoms with Crippen molar-refractivity contribution in [2.45, 2.75) is 39.2 Å². The molecule has 0 aromatic heterocycles. The second-order valence-electron chi connectivity index (χ2n) is 7.34. The fourth-order valence-corrected chi connectivity index (χ4v) is 3.23. The molecule has 8 nitrogen and oxygen atoms in total. The van der Waals surface area contributed by atoms with E-state index in [0.29, 0.717) is 12.8 Å². The number of likely N-dealkylation sites (tertiary alicyclic amines) is 1. The van der Waals surface area contributed by atoms with E-state index < -0.39 is 34.8 Å². The molecule has 2 aliphatic rings. The Morgan fingerprint density at radius 2 is 1.74 bits per heavy atom. The van der Waals surface area contributed by atoms with Crippen LogP contribution in [0, 0.1) is 11.3 Å². The first-order valence-electron chi connectivity index (χ1n) is 7.61. The Balaban J connectivity index is 2.10. The molecular formula is C15H23N3O5. The molecule has 0 aromatic carbocycles. The third-order valence-electron chi connectivity index (χ3n) is 4.65. The van der Waals surface area contributed by atoms with Crippen molar-refractivity contribution in [1.82, 2.24) is 15.1 Å². The number of hydrogen-bond donors (Lipinski definition) is 2. The summed E-state index contributed by atoms with van der Waals surface area (Å²) < 4.78 is 0. The fourth-order valence-electron chi connectivity index (χ4n) is 3.23. The molecular weight excluding hydrogens is 302 g/mol. The van der Waals surface area contributed by atoms with Crippen LogP contribution in [0.5, 0.6) is 0 Å². The molecule has 2 rings (SSSR count). The van der Waals surface area contributed by atoms with E-state index in [2.05, 4.69) is 5.32 Å². The van der Waals surface area contributed by atoms with E-state index in [1.165, 1.54) is 11.9 Å². The van der Waals surface area contributed by atoms with Gasteiger partial charge in [-0.05, 0) is 18.3 Å². The number of imide groups is 1. The summed E-state index contributed by atoms with van der Waals surface area (Å²) in [6, 6.07) is -0.437. The van der Waals surface area contributed by atoms with Crippen LogP contribution in [0.1, 0.15) is 33.6 Å². The van der Waals surface area contributed by atoms with Gasteiger partial charge < -0.3 is 15.3 Å². The third kappa shape index (κ3) is 2.89. The largest absolute Gasteiger partial charge is 0.481 e. The maximum Gasteiger partial charge on any atom is 0.324 e. The van der Waals surface area contributed by atoms with Gasteiger partial charge in [0.05, 0.1) is 0 Å². The molecule has 0 aromatic rings. The summed E-state index contributed by atoms with van der Waals surface area (Å²) in [4.78, 5) is 50.4. The van der Waals surface area contributed by atoms with E-state index in [0.717, 1.165) is 4.90 Å². The number of carbonyl (C=O) groups excluding carboxylic acids is 3. The van der Waals surface area contributed by atoms with Crippen LogP contribution in [0.2, 0.25) is 0 Å². The van der Waals surface area contributed by atoms with Crippen LogP contribution in [0.4, 0.5) is 4.79 Å². The molecule has 1 unspecified atom stereocenters. The molecule has 2 heterocycles. The standard InChI is InChI=1S/C15H23N3O5/c1-14(2,3)9(11(20)21)10(19)18-7-5-15(6-8-18)12(22)17(4)13(23)16-15/h9H,5-8H2,1-4H3,(H,16,23)(H,20,21). The number of urea groups is 1. The molecule has 1 spiro atoms. The van der Waals surface area contributed by atoms with Gasteiger partial charge >= 0.3 is 12.0 Å². The molecule has 2 aliphatic heterocycles. The summed E-state index contributed by atoms with van der Waals surface area (Å²) in [5.74, 6) is -3.01. The van der Waals surface area contributed by atoms with Crippen molar-refractivity contribution < 1.29 is 24.3 Å². The maximum absolute atomic E-state index is 12.6. The number of hydrogen-bond acceptors (Lipinski definition) is 4. The smallest absolute Gasteiger partial charge is 0.324 e. The quantitative estimate of drug-likeness (QED) is 0.560. The topological polar surface area (TPSA) is 107 Å². The normalized spacial score (nSPS) is 22.3. The number of piperidine rings is 1. The number of carboxylic acids is 1. The molecule has 2 saturated heterocycles. The van der Waals surface area contributed by atoms with Crippen molar-refractivity contribution in [2.75, 3.05) is 20.1 Å². The van der Waals surface area contributed by atoms with E-state index in [1.54, 1.807) is 20.8 Å². The number of carbonyl (C=O) groups is 4. The van der Waals surface area contributed by atoms with Crippen LogP contribution in [-0.4, -0.2) is 64.4 Å². The molecule has 4 amide bonds. The summed E-state index contributed by atoms with van der Waals surface area (Å²) in [6.45, 7) is 5.64. The predicted octanol–water partition coefficient (Wildman–Crippen LogP) is 0.276. The monoisotopic (exact) mass is 325 g/mol. The number of aliphatic carboxylic acids is 1. The van der Waals surface area contributed by atoms with Gasteiger partial charge in [0, 0.05) is 20.1 Å². The molecule has 8 heteroatoms. The molecule has 2 fully saturated rings. The molecule has 0 aliphatic carbocycles. The highest BCUT2D eigenvalue weighted by atomic mass is 16.4. The number of carboxylic acid groups (broad SMARTS) is 1. The van der Waals surface area contributed by atoms with Crippen molar-refractivity contribution in [3.63, 3.8) is 0 Å². The van der Waals surface area contributed by atoms with E-state index >= 15 is 0 Å². The average Bonchev–Trinajstić information content (AvgIpc) is 2.62. The van der Waals surface area contributed by atoms with Crippen LogP contribution in [0.3, 0.4) is 0 Å². The number of rotatable bonds is 2. The van der Waals surface area contributed by atoms with E-state index in [-0.39, 0.29) is 19.0 Å². The number of amides is 4. The SMILES string of the molecule is CN1C(=O)NC2(CCN(C(=O)C(C(=O)O)C(C)(C)C)CC2)C1=O. The molecule has 2 N–H and O–H groups in total. The highest BCUT2D eigenvalue weighted by Crippen LogP contribution is 2.32. The zero-order valence-electron chi connectivity index (χ0n) is 13.9. The Kier molecular flexibility index (Phi) is 4.13. The maximum atomic E-state index is 12.6. The van der Waals surface area contributed by atoms with E-state index in [4.69, 9.17) is 0 Å². The first-order chi connectivity index (χ1) is 10.5. The Bertz CT molecular complexity index is 558. The van der Waals surface area contributed by atoms with Gasteiger partial charge in [-0.15, -0.1) is 0 Å². The van der Waals surface area contributed by atoms with E-state index in [1.807, 2.05) is 0 Å². The minimum absolute atomic E-state index is 0.249. The molecule has 0 saturated carbocycles. The minimum atomic E-state index is -1.15. The van der Waals surface area contributed by atoms with Gasteiger partial charge in [-0.25, -0.2) is 4.79 Å². The lowest BCUT2D eigenvalue weighted by Gasteiger charge is -2.39. The second kappa shape index (κ2) is 5.50. The fraction of sp³-hybridized carbons (Fsp3) is 0.733. The van der Waals surface area contributed by atoms with Crippen molar-refractivity contribution in [1.29, 1.82) is 0 Å². The van der Waals surface area contributed by atoms with Gasteiger partial charge in [0.15, 0.2) is 0 Å². The molecule has 128 valence electrons. The predicted molar refractivity (Wildman–Crippen MR) is 80.4 cm³/mol. The Morgan fingerprint density at radius 3 is 2.09 bits per heavy atom. The van der Waals surface area contributed by atoms with Crippen molar-refractivity contribution in [3.8, 4) is 0 Å². The Labute approximate surface area is 134 Å². The van der Waals surface area contributed by atoms with E-state index in [9.17, 15) is 24.3 Å². The highest BCUT2D eigenvalue weighted by molar-refractivity contribution is 6.07. The van der Waals surface area contributed by atoms with Crippen molar-refractivity contribution in [2.24, 2.45) is 11.3 Å². The lowest BCUT2D eigenvalue weighted by molar-refractivity contribution is -0.157. The van der Waals surface area contributed by atoms with Crippen molar-refractivity contribution >= 4 is 23.8 Å². The molecule has 0 radical (unpaired) electrons. The van der Waals surface area contributed by atoms with Crippen LogP contribution in [-0.2, 0) is 14.4 Å². The van der Waals surface area contributed by atoms with Gasteiger partial charge in [-0.3, -0.25) is 19.3 Å². The zero-order valence-corrected chi connectivity index (χ0v) is 13.9. The first kappa shape index (κ1) is 17.2. The van der Waals surface area contributed by atoms with Crippen molar-refractivity contribution in [3.05, 3.63) is 0 Å². The first-order valence-corrected chi connectivity index (χ1v) is 7.61. The lowest BCUT2D eigenvalue weighted by atomic mass is 9.79. The lowest BCUT2D eigenvalue weighted by Crippen LogP contribution is -2.57. The summed E-state index contributed by atoms with van der Waals surface area (Å²) in [5.41, 5.74) is -1.65. The van der Waals surface area contributed by atoms with Gasteiger partial charge in [-0.1, -0.05) is 20.8 Å². The van der Waals surface area contributed by atoms with Crippen LogP contribution in [0.15, 0.2) is 0 Å². The van der Waals surface area contributed by atoms with Crippen LogP contribution < -0.4 is 5.32 Å². The Morgan fingerprint density at radius 1 is 1.22 bits per heavy atom. The zero-order chi connectivity index (χ0) is 17.6. The molecule has 1 atom stereocenters. The van der Waals surface area contributed by atoms with Gasteiger partial charge in [0.25, 0.3) is 5.91 Å². The van der Waals surface area contributed by atoms with Gasteiger partial charge in [-0.2, -0.15) is 0 Å². The summed E-state index contributed by atoms with van der Waals surface area (Å²) >= 11 is 0.